The Balaban J connectivity index is 1.77. The van der Waals surface area contributed by atoms with Gasteiger partial charge in [0.1, 0.15) is 5.75 Å². The molecule has 1 fully saturated rings. The molecule has 4 nitrogen and oxygen atoms in total. The van der Waals surface area contributed by atoms with Crippen LogP contribution in [0.3, 0.4) is 0 Å². The lowest BCUT2D eigenvalue weighted by Crippen LogP contribution is -2.46. The predicted octanol–water partition coefficient (Wildman–Crippen LogP) is 4.46. The van der Waals surface area contributed by atoms with E-state index in [-0.39, 0.29) is 11.0 Å². The second-order valence-electron chi connectivity index (χ2n) is 8.20. The minimum Gasteiger partial charge on any atom is -0.497 e. The van der Waals surface area contributed by atoms with Crippen LogP contribution in [-0.2, 0) is 5.41 Å². The Morgan fingerprint density at radius 1 is 1.27 bits per heavy atom. The molecule has 0 aliphatic carbocycles. The van der Waals surface area contributed by atoms with Crippen LogP contribution < -0.4 is 9.64 Å². The number of ether oxygens (including phenoxy) is 1. The van der Waals surface area contributed by atoms with Crippen LogP contribution in [0.2, 0.25) is 0 Å². The van der Waals surface area contributed by atoms with Gasteiger partial charge < -0.3 is 9.64 Å². The van der Waals surface area contributed by atoms with Crippen molar-refractivity contribution in [3.05, 3.63) is 71.3 Å². The van der Waals surface area contributed by atoms with Crippen LogP contribution in [0.15, 0.2) is 43.0 Å². The van der Waals surface area contributed by atoms with E-state index in [9.17, 15) is 13.6 Å². The third kappa shape index (κ3) is 3.29. The molecule has 0 atom stereocenters. The summed E-state index contributed by atoms with van der Waals surface area (Å²) >= 11 is 0. The van der Waals surface area contributed by atoms with Crippen LogP contribution in [-0.4, -0.2) is 44.1 Å². The summed E-state index contributed by atoms with van der Waals surface area (Å²) in [4.78, 5) is 17.3. The van der Waals surface area contributed by atoms with Gasteiger partial charge in [-0.1, -0.05) is 12.1 Å². The molecule has 2 heterocycles. The smallest absolute Gasteiger partial charge is 0.261 e. The second-order valence-corrected chi connectivity index (χ2v) is 8.20. The SMILES string of the molecule is C=CCN1CCC2(CC1)CN(C(=O)c1cccc(F)c1F)c1c(C)cc(OC)cc12. The van der Waals surface area contributed by atoms with Crippen molar-refractivity contribution in [3.63, 3.8) is 0 Å². The number of likely N-dealkylation sites (tertiary alicyclic amines) is 1. The molecule has 158 valence electrons. The highest BCUT2D eigenvalue weighted by Gasteiger charge is 2.47. The number of nitrogens with zero attached hydrogens (tertiary/aromatic N) is 2. The third-order valence-corrected chi connectivity index (χ3v) is 6.44. The summed E-state index contributed by atoms with van der Waals surface area (Å²) in [5, 5.41) is 0. The molecule has 2 aliphatic rings. The van der Waals surface area contributed by atoms with Crippen LogP contribution in [0.4, 0.5) is 14.5 Å². The van der Waals surface area contributed by atoms with Crippen LogP contribution in [0.5, 0.6) is 5.75 Å². The summed E-state index contributed by atoms with van der Waals surface area (Å²) in [5.74, 6) is -1.88. The normalized spacial score (nSPS) is 17.8. The van der Waals surface area contributed by atoms with Crippen LogP contribution in [0.1, 0.15) is 34.3 Å². The fraction of sp³-hybridized carbons (Fsp3) is 0.375. The number of anilines is 1. The maximum Gasteiger partial charge on any atom is 0.261 e. The Bertz CT molecular complexity index is 997. The first kappa shape index (κ1) is 20.5. The molecular weight excluding hydrogens is 386 g/mol. The number of amides is 1. The van der Waals surface area contributed by atoms with E-state index in [0.29, 0.717) is 6.54 Å². The first-order valence-corrected chi connectivity index (χ1v) is 10.2. The lowest BCUT2D eigenvalue weighted by atomic mass is 9.74. The summed E-state index contributed by atoms with van der Waals surface area (Å²) in [7, 11) is 1.63. The predicted molar refractivity (Wildman–Crippen MR) is 113 cm³/mol. The van der Waals surface area contributed by atoms with Gasteiger partial charge in [-0.15, -0.1) is 6.58 Å². The van der Waals surface area contributed by atoms with Crippen LogP contribution in [0.25, 0.3) is 0 Å². The summed E-state index contributed by atoms with van der Waals surface area (Å²) in [6.07, 6.45) is 3.64. The number of hydrogen-bond donors (Lipinski definition) is 0. The average Bonchev–Trinajstić information content (AvgIpc) is 3.06. The second kappa shape index (κ2) is 7.84. The lowest BCUT2D eigenvalue weighted by Gasteiger charge is -2.39. The Kier molecular flexibility index (Phi) is 5.36. The lowest BCUT2D eigenvalue weighted by molar-refractivity contribution is 0.0972. The van der Waals surface area contributed by atoms with E-state index < -0.39 is 17.5 Å². The zero-order chi connectivity index (χ0) is 21.5. The number of benzene rings is 2. The number of hydrogen-bond acceptors (Lipinski definition) is 3. The van der Waals surface area contributed by atoms with Crippen molar-refractivity contribution in [2.45, 2.75) is 25.2 Å². The van der Waals surface area contributed by atoms with Gasteiger partial charge in [-0.2, -0.15) is 0 Å². The topological polar surface area (TPSA) is 32.8 Å². The van der Waals surface area contributed by atoms with Gasteiger partial charge in [0.15, 0.2) is 11.6 Å². The molecule has 0 bridgehead atoms. The largest absolute Gasteiger partial charge is 0.497 e. The molecule has 6 heteroatoms. The fourth-order valence-corrected chi connectivity index (χ4v) is 4.86. The van der Waals surface area contributed by atoms with Crippen molar-refractivity contribution < 1.29 is 18.3 Å². The number of carbonyl (C=O) groups excluding carboxylic acids is 1. The molecule has 30 heavy (non-hydrogen) atoms. The van der Waals surface area contributed by atoms with Crippen molar-refractivity contribution in [2.75, 3.05) is 38.2 Å². The number of rotatable bonds is 4. The van der Waals surface area contributed by atoms with Crippen molar-refractivity contribution >= 4 is 11.6 Å². The van der Waals surface area contributed by atoms with Gasteiger partial charge in [-0.25, -0.2) is 8.78 Å². The molecule has 2 aromatic carbocycles. The zero-order valence-electron chi connectivity index (χ0n) is 17.4. The monoisotopic (exact) mass is 412 g/mol. The highest BCUT2D eigenvalue weighted by Crippen LogP contribution is 2.50. The van der Waals surface area contributed by atoms with Gasteiger partial charge in [0, 0.05) is 18.5 Å². The molecule has 1 spiro atoms. The molecule has 1 saturated heterocycles. The summed E-state index contributed by atoms with van der Waals surface area (Å²) < 4.78 is 33.7. The first-order valence-electron chi connectivity index (χ1n) is 10.2. The van der Waals surface area contributed by atoms with Gasteiger partial charge in [0.05, 0.1) is 18.4 Å². The van der Waals surface area contributed by atoms with Gasteiger partial charge >= 0.3 is 0 Å². The average molecular weight is 412 g/mol. The molecule has 2 aliphatic heterocycles. The van der Waals surface area contributed by atoms with Crippen LogP contribution >= 0.6 is 0 Å². The highest BCUT2D eigenvalue weighted by molar-refractivity contribution is 6.08. The molecule has 2 aromatic rings. The van der Waals surface area contributed by atoms with Crippen molar-refractivity contribution in [1.29, 1.82) is 0 Å². The van der Waals surface area contributed by atoms with E-state index in [1.54, 1.807) is 12.0 Å². The van der Waals surface area contributed by atoms with Gasteiger partial charge in [0.2, 0.25) is 0 Å². The number of methoxy groups -OCH3 is 1. The summed E-state index contributed by atoms with van der Waals surface area (Å²) in [6.45, 7) is 8.80. The van der Waals surface area contributed by atoms with Crippen molar-refractivity contribution in [3.8, 4) is 5.75 Å². The zero-order valence-corrected chi connectivity index (χ0v) is 17.4. The molecule has 4 rings (SSSR count). The number of fused-ring (bicyclic) bond motifs is 2. The van der Waals surface area contributed by atoms with Crippen LogP contribution in [0, 0.1) is 18.6 Å². The molecule has 0 unspecified atom stereocenters. The summed E-state index contributed by atoms with van der Waals surface area (Å²) in [6, 6.07) is 7.62. The van der Waals surface area contributed by atoms with E-state index in [2.05, 4.69) is 11.5 Å². The van der Waals surface area contributed by atoms with Gasteiger partial charge in [-0.3, -0.25) is 9.69 Å². The van der Waals surface area contributed by atoms with E-state index in [4.69, 9.17) is 4.74 Å². The number of piperidine rings is 1. The van der Waals surface area contributed by atoms with E-state index >= 15 is 0 Å². The maximum absolute atomic E-state index is 14.4. The molecular formula is C24H26F2N2O2. The van der Waals surface area contributed by atoms with E-state index in [0.717, 1.165) is 61.1 Å². The number of halogens is 2. The standard InChI is InChI=1S/C24H26F2N2O2/c1-4-10-27-11-8-24(9-12-27)15-28(22-16(2)13-17(30-3)14-19(22)24)23(29)18-6-5-7-20(25)21(18)26/h4-7,13-14H,1,8-12,15H2,2-3H3. The Morgan fingerprint density at radius 3 is 2.67 bits per heavy atom. The van der Waals surface area contributed by atoms with Crippen molar-refractivity contribution in [2.24, 2.45) is 0 Å². The van der Waals surface area contributed by atoms with Gasteiger partial charge in [-0.05, 0) is 68.2 Å². The first-order chi connectivity index (χ1) is 14.4. The Labute approximate surface area is 175 Å². The van der Waals surface area contributed by atoms with Crippen molar-refractivity contribution in [1.82, 2.24) is 4.90 Å². The maximum atomic E-state index is 14.4. The minimum absolute atomic E-state index is 0.230. The molecule has 0 N–H and O–H groups in total. The Morgan fingerprint density at radius 2 is 2.00 bits per heavy atom. The third-order valence-electron chi connectivity index (χ3n) is 6.44. The molecule has 0 saturated carbocycles. The van der Waals surface area contributed by atoms with E-state index in [1.807, 2.05) is 25.1 Å². The highest BCUT2D eigenvalue weighted by atomic mass is 19.2. The van der Waals surface area contributed by atoms with Gasteiger partial charge in [0.25, 0.3) is 5.91 Å². The quantitative estimate of drug-likeness (QED) is 0.695. The fourth-order valence-electron chi connectivity index (χ4n) is 4.86. The van der Waals surface area contributed by atoms with E-state index in [1.165, 1.54) is 12.1 Å². The molecule has 0 aromatic heterocycles. The molecule has 1 amide bonds. The number of aryl methyl sites for hydroxylation is 1. The molecule has 0 radical (unpaired) electrons. The minimum atomic E-state index is -1.10. The summed E-state index contributed by atoms with van der Waals surface area (Å²) in [5.41, 5.74) is 2.27. The number of carbonyl (C=O) groups is 1. The Hall–Kier alpha value is -2.73.